The van der Waals surface area contributed by atoms with Crippen molar-refractivity contribution in [3.63, 3.8) is 0 Å². The molecule has 1 aromatic heterocycles. The monoisotopic (exact) mass is 315 g/mol. The third-order valence-corrected chi connectivity index (χ3v) is 5.05. The van der Waals surface area contributed by atoms with Gasteiger partial charge in [0.25, 0.3) is 0 Å². The summed E-state index contributed by atoms with van der Waals surface area (Å²) < 4.78 is 14.6. The lowest BCUT2D eigenvalue weighted by molar-refractivity contribution is -0.136. The van der Waals surface area contributed by atoms with Crippen molar-refractivity contribution in [1.29, 1.82) is 0 Å². The Morgan fingerprint density at radius 1 is 1.17 bits per heavy atom. The van der Waals surface area contributed by atoms with Gasteiger partial charge in [-0.2, -0.15) is 0 Å². The average Bonchev–Trinajstić information content (AvgIpc) is 3.14. The van der Waals surface area contributed by atoms with Crippen LogP contribution in [0.3, 0.4) is 0 Å². The molecule has 6 nitrogen and oxygen atoms in total. The summed E-state index contributed by atoms with van der Waals surface area (Å²) in [6, 6.07) is 7.33. The van der Waals surface area contributed by atoms with Crippen LogP contribution in [-0.2, 0) is 11.3 Å². The number of hydrogen-bond donors (Lipinski definition) is 0. The van der Waals surface area contributed by atoms with E-state index in [0.29, 0.717) is 5.92 Å². The Morgan fingerprint density at radius 2 is 1.87 bits per heavy atom. The molecule has 4 rings (SSSR count). The van der Waals surface area contributed by atoms with Crippen molar-refractivity contribution in [2.75, 3.05) is 0 Å². The Morgan fingerprint density at radius 3 is 2.48 bits per heavy atom. The molecule has 7 heteroatoms. The van der Waals surface area contributed by atoms with Crippen LogP contribution < -0.4 is 0 Å². The zero-order chi connectivity index (χ0) is 15.8. The first kappa shape index (κ1) is 14.3. The molecule has 23 heavy (non-hydrogen) atoms. The van der Waals surface area contributed by atoms with Crippen LogP contribution in [0.2, 0.25) is 0 Å². The average molecular weight is 315 g/mol. The molecule has 1 aromatic carbocycles. The molecule has 2 bridgehead atoms. The predicted molar refractivity (Wildman–Crippen MR) is 79.8 cm³/mol. The molecule has 1 amide bonds. The van der Waals surface area contributed by atoms with Gasteiger partial charge in [-0.15, -0.1) is 5.10 Å². The minimum absolute atomic E-state index is 0.0855. The Balaban J connectivity index is 1.47. The molecule has 0 radical (unpaired) electrons. The first-order valence-corrected chi connectivity index (χ1v) is 7.98. The number of aromatic nitrogens is 4. The SMILES string of the molecule is O=C(Cn1cnnn1)N1[C@@H]2CC[C@H]1CC(c1ccc(F)cc1)C2. The van der Waals surface area contributed by atoms with Crippen LogP contribution in [0.4, 0.5) is 4.39 Å². The molecular formula is C16H18FN5O. The van der Waals surface area contributed by atoms with Crippen molar-refractivity contribution in [1.82, 2.24) is 25.1 Å². The Bertz CT molecular complexity index is 673. The number of benzene rings is 1. The number of halogens is 1. The third kappa shape index (κ3) is 2.71. The minimum atomic E-state index is -0.203. The number of fused-ring (bicyclic) bond motifs is 2. The molecule has 2 fully saturated rings. The summed E-state index contributed by atoms with van der Waals surface area (Å²) in [7, 11) is 0. The van der Waals surface area contributed by atoms with E-state index in [1.54, 1.807) is 0 Å². The lowest BCUT2D eigenvalue weighted by Crippen LogP contribution is -2.47. The van der Waals surface area contributed by atoms with Gasteiger partial charge in [0.2, 0.25) is 5.91 Å². The second-order valence-corrected chi connectivity index (χ2v) is 6.41. The lowest BCUT2D eigenvalue weighted by Gasteiger charge is -2.39. The fourth-order valence-corrected chi connectivity index (χ4v) is 4.06. The standard InChI is InChI=1S/C16H18FN5O/c17-13-3-1-11(2-4-13)12-7-14-5-6-15(8-12)22(14)16(23)9-21-10-18-19-20-21/h1-4,10,12,14-15H,5-9H2/t12?,14-,15+. The molecule has 2 aliphatic heterocycles. The quantitative estimate of drug-likeness (QED) is 0.865. The number of hydrogen-bond acceptors (Lipinski definition) is 4. The molecule has 0 saturated carbocycles. The van der Waals surface area contributed by atoms with Crippen LogP contribution >= 0.6 is 0 Å². The van der Waals surface area contributed by atoms with E-state index in [-0.39, 0.29) is 30.4 Å². The smallest absolute Gasteiger partial charge is 0.244 e. The molecule has 0 spiro atoms. The number of rotatable bonds is 3. The van der Waals surface area contributed by atoms with E-state index in [4.69, 9.17) is 0 Å². The molecule has 3 atom stereocenters. The van der Waals surface area contributed by atoms with E-state index in [1.165, 1.54) is 28.7 Å². The van der Waals surface area contributed by atoms with Crippen LogP contribution in [0, 0.1) is 5.82 Å². The second-order valence-electron chi connectivity index (χ2n) is 6.41. The number of piperidine rings is 1. The third-order valence-electron chi connectivity index (χ3n) is 5.05. The van der Waals surface area contributed by atoms with Gasteiger partial charge >= 0.3 is 0 Å². The number of carbonyl (C=O) groups is 1. The van der Waals surface area contributed by atoms with Gasteiger partial charge in [0.15, 0.2) is 0 Å². The first-order valence-electron chi connectivity index (χ1n) is 7.98. The summed E-state index contributed by atoms with van der Waals surface area (Å²) in [5, 5.41) is 10.9. The summed E-state index contributed by atoms with van der Waals surface area (Å²) in [5.74, 6) is 0.290. The summed E-state index contributed by atoms with van der Waals surface area (Å²) >= 11 is 0. The van der Waals surface area contributed by atoms with Crippen molar-refractivity contribution in [3.8, 4) is 0 Å². The minimum Gasteiger partial charge on any atom is -0.335 e. The fraction of sp³-hybridized carbons (Fsp3) is 0.500. The molecule has 2 aliphatic rings. The molecular weight excluding hydrogens is 297 g/mol. The zero-order valence-electron chi connectivity index (χ0n) is 12.7. The van der Waals surface area contributed by atoms with Crippen LogP contribution in [0.25, 0.3) is 0 Å². The van der Waals surface area contributed by atoms with Crippen molar-refractivity contribution in [2.24, 2.45) is 0 Å². The van der Waals surface area contributed by atoms with Gasteiger partial charge in [0.1, 0.15) is 18.7 Å². The van der Waals surface area contributed by atoms with E-state index in [1.807, 2.05) is 17.0 Å². The first-order chi connectivity index (χ1) is 11.2. The molecule has 0 N–H and O–H groups in total. The fourth-order valence-electron chi connectivity index (χ4n) is 4.06. The van der Waals surface area contributed by atoms with E-state index in [2.05, 4.69) is 15.5 Å². The molecule has 120 valence electrons. The van der Waals surface area contributed by atoms with E-state index >= 15 is 0 Å². The Kier molecular flexibility index (Phi) is 3.55. The largest absolute Gasteiger partial charge is 0.335 e. The van der Waals surface area contributed by atoms with E-state index < -0.39 is 0 Å². The van der Waals surface area contributed by atoms with Crippen LogP contribution in [0.15, 0.2) is 30.6 Å². The number of carbonyl (C=O) groups excluding carboxylic acids is 1. The highest BCUT2D eigenvalue weighted by Gasteiger charge is 2.43. The van der Waals surface area contributed by atoms with Crippen molar-refractivity contribution >= 4 is 5.91 Å². The molecule has 3 heterocycles. The van der Waals surface area contributed by atoms with Gasteiger partial charge in [-0.25, -0.2) is 9.07 Å². The van der Waals surface area contributed by atoms with Gasteiger partial charge in [0, 0.05) is 12.1 Å². The van der Waals surface area contributed by atoms with E-state index in [9.17, 15) is 9.18 Å². The topological polar surface area (TPSA) is 63.9 Å². The number of amides is 1. The van der Waals surface area contributed by atoms with Gasteiger partial charge in [-0.1, -0.05) is 12.1 Å². The lowest BCUT2D eigenvalue weighted by atomic mass is 9.85. The molecule has 2 saturated heterocycles. The normalized spacial score (nSPS) is 26.5. The maximum absolute atomic E-state index is 13.1. The molecule has 1 unspecified atom stereocenters. The Labute approximate surface area is 133 Å². The van der Waals surface area contributed by atoms with Crippen molar-refractivity contribution in [2.45, 2.75) is 50.2 Å². The number of tetrazole rings is 1. The predicted octanol–water partition coefficient (Wildman–Crippen LogP) is 1.75. The maximum Gasteiger partial charge on any atom is 0.244 e. The summed E-state index contributed by atoms with van der Waals surface area (Å²) in [4.78, 5) is 14.6. The van der Waals surface area contributed by atoms with Crippen LogP contribution in [-0.4, -0.2) is 43.1 Å². The number of nitrogens with zero attached hydrogens (tertiary/aromatic N) is 5. The second kappa shape index (κ2) is 5.72. The van der Waals surface area contributed by atoms with Gasteiger partial charge in [0.05, 0.1) is 0 Å². The maximum atomic E-state index is 13.1. The summed E-state index contributed by atoms with van der Waals surface area (Å²) in [5.41, 5.74) is 1.18. The van der Waals surface area contributed by atoms with E-state index in [0.717, 1.165) is 25.7 Å². The van der Waals surface area contributed by atoms with Gasteiger partial charge in [-0.05, 0) is 59.7 Å². The van der Waals surface area contributed by atoms with Crippen LogP contribution in [0.5, 0.6) is 0 Å². The van der Waals surface area contributed by atoms with Crippen LogP contribution in [0.1, 0.15) is 37.2 Å². The zero-order valence-corrected chi connectivity index (χ0v) is 12.7. The Hall–Kier alpha value is -2.31. The van der Waals surface area contributed by atoms with Gasteiger partial charge < -0.3 is 4.90 Å². The highest BCUT2D eigenvalue weighted by atomic mass is 19.1. The highest BCUT2D eigenvalue weighted by molar-refractivity contribution is 5.77. The molecule has 0 aliphatic carbocycles. The summed E-state index contributed by atoms with van der Waals surface area (Å²) in [6.45, 7) is 0.196. The highest BCUT2D eigenvalue weighted by Crippen LogP contribution is 2.43. The summed E-state index contributed by atoms with van der Waals surface area (Å²) in [6.07, 6.45) is 5.45. The van der Waals surface area contributed by atoms with Gasteiger partial charge in [-0.3, -0.25) is 4.79 Å². The molecule has 2 aromatic rings. The van der Waals surface area contributed by atoms with Crippen molar-refractivity contribution < 1.29 is 9.18 Å². The van der Waals surface area contributed by atoms with Crippen molar-refractivity contribution in [3.05, 3.63) is 42.0 Å².